The van der Waals surface area contributed by atoms with Crippen LogP contribution in [0.3, 0.4) is 0 Å². The summed E-state index contributed by atoms with van der Waals surface area (Å²) in [5.41, 5.74) is 2.47. The lowest BCUT2D eigenvalue weighted by Gasteiger charge is -2.19. The first-order valence-corrected chi connectivity index (χ1v) is 9.63. The van der Waals surface area contributed by atoms with E-state index in [1.165, 1.54) is 49.8 Å². The summed E-state index contributed by atoms with van der Waals surface area (Å²) < 4.78 is 6.27. The van der Waals surface area contributed by atoms with Gasteiger partial charge in [-0.3, -0.25) is 0 Å². The van der Waals surface area contributed by atoms with E-state index in [0.717, 1.165) is 13.0 Å². The number of benzene rings is 2. The van der Waals surface area contributed by atoms with Crippen LogP contribution >= 0.6 is 0 Å². The largest absolute Gasteiger partial charge is 0.369 e. The van der Waals surface area contributed by atoms with Gasteiger partial charge in [-0.15, -0.1) is 0 Å². The Balaban J connectivity index is 1.71. The van der Waals surface area contributed by atoms with E-state index >= 15 is 0 Å². The maximum atomic E-state index is 6.27. The third-order valence-corrected chi connectivity index (χ3v) is 4.49. The summed E-state index contributed by atoms with van der Waals surface area (Å²) >= 11 is 0. The van der Waals surface area contributed by atoms with Crippen LogP contribution < -0.4 is 0 Å². The van der Waals surface area contributed by atoms with Crippen LogP contribution in [-0.2, 0) is 4.74 Å². The molecule has 25 heavy (non-hydrogen) atoms. The van der Waals surface area contributed by atoms with Crippen molar-refractivity contribution in [1.82, 2.24) is 4.90 Å². The quantitative estimate of drug-likeness (QED) is 0.460. The number of hydrogen-bond donors (Lipinski definition) is 0. The summed E-state index contributed by atoms with van der Waals surface area (Å²) in [7, 11) is 4.29. The maximum absolute atomic E-state index is 6.27. The van der Waals surface area contributed by atoms with Crippen LogP contribution in [0.15, 0.2) is 60.7 Å². The zero-order valence-electron chi connectivity index (χ0n) is 15.9. The molecule has 0 bridgehead atoms. The van der Waals surface area contributed by atoms with Crippen molar-refractivity contribution in [3.8, 4) is 0 Å². The standard InChI is InChI=1S/C23H33NO/c1-24(2)19-13-5-3-4-6-14-20-25-23(21-15-9-7-10-16-21)22-17-11-8-12-18-22/h7-12,15-18,23H,3-6,13-14,19-20H2,1-2H3. The molecule has 0 radical (unpaired) electrons. The Morgan fingerprint density at radius 1 is 0.680 bits per heavy atom. The van der Waals surface area contributed by atoms with E-state index in [-0.39, 0.29) is 6.10 Å². The highest BCUT2D eigenvalue weighted by molar-refractivity contribution is 5.29. The van der Waals surface area contributed by atoms with Gasteiger partial charge in [-0.25, -0.2) is 0 Å². The minimum Gasteiger partial charge on any atom is -0.369 e. The van der Waals surface area contributed by atoms with E-state index in [4.69, 9.17) is 4.74 Å². The van der Waals surface area contributed by atoms with Gasteiger partial charge in [0.15, 0.2) is 0 Å². The molecule has 0 aromatic heterocycles. The van der Waals surface area contributed by atoms with Gasteiger partial charge in [-0.2, -0.15) is 0 Å². The minimum absolute atomic E-state index is 0.0440. The van der Waals surface area contributed by atoms with Crippen LogP contribution in [0, 0.1) is 0 Å². The van der Waals surface area contributed by atoms with Crippen molar-refractivity contribution in [2.45, 2.75) is 44.6 Å². The summed E-state index contributed by atoms with van der Waals surface area (Å²) in [5.74, 6) is 0. The van der Waals surface area contributed by atoms with Crippen LogP contribution in [0.2, 0.25) is 0 Å². The Kier molecular flexibility index (Phi) is 9.32. The molecule has 0 heterocycles. The van der Waals surface area contributed by atoms with Crippen LogP contribution in [0.4, 0.5) is 0 Å². The van der Waals surface area contributed by atoms with Gasteiger partial charge in [0.05, 0.1) is 0 Å². The molecule has 0 fully saturated rings. The van der Waals surface area contributed by atoms with Crippen molar-refractivity contribution in [1.29, 1.82) is 0 Å². The molecule has 0 aliphatic heterocycles. The molecule has 0 atom stereocenters. The van der Waals surface area contributed by atoms with Gasteiger partial charge >= 0.3 is 0 Å². The Labute approximate surface area is 153 Å². The van der Waals surface area contributed by atoms with E-state index in [2.05, 4.69) is 79.7 Å². The van der Waals surface area contributed by atoms with Gasteiger partial charge in [0.1, 0.15) is 6.10 Å². The van der Waals surface area contributed by atoms with E-state index in [1.807, 2.05) is 0 Å². The number of unbranched alkanes of at least 4 members (excludes halogenated alkanes) is 5. The highest BCUT2D eigenvalue weighted by Crippen LogP contribution is 2.26. The molecular weight excluding hydrogens is 306 g/mol. The topological polar surface area (TPSA) is 12.5 Å². The maximum Gasteiger partial charge on any atom is 0.108 e. The average molecular weight is 340 g/mol. The predicted molar refractivity (Wildman–Crippen MR) is 107 cm³/mol. The molecule has 2 heteroatoms. The molecule has 2 rings (SSSR count). The van der Waals surface area contributed by atoms with Gasteiger partial charge in [-0.05, 0) is 44.6 Å². The fourth-order valence-electron chi connectivity index (χ4n) is 3.08. The van der Waals surface area contributed by atoms with E-state index < -0.39 is 0 Å². The van der Waals surface area contributed by atoms with Gasteiger partial charge in [-0.1, -0.05) is 86.3 Å². The van der Waals surface area contributed by atoms with Crippen molar-refractivity contribution >= 4 is 0 Å². The molecule has 0 saturated heterocycles. The van der Waals surface area contributed by atoms with Crippen molar-refractivity contribution in [3.63, 3.8) is 0 Å². The molecule has 0 aliphatic rings. The van der Waals surface area contributed by atoms with E-state index in [0.29, 0.717) is 0 Å². The SMILES string of the molecule is CN(C)CCCCCCCCOC(c1ccccc1)c1ccccc1. The molecule has 136 valence electrons. The third kappa shape index (κ3) is 7.85. The smallest absolute Gasteiger partial charge is 0.108 e. The second kappa shape index (κ2) is 11.8. The van der Waals surface area contributed by atoms with Crippen molar-refractivity contribution in [3.05, 3.63) is 71.8 Å². The molecule has 0 spiro atoms. The Hall–Kier alpha value is -1.64. The van der Waals surface area contributed by atoms with Crippen molar-refractivity contribution < 1.29 is 4.74 Å². The van der Waals surface area contributed by atoms with Gasteiger partial charge in [0.25, 0.3) is 0 Å². The molecule has 0 saturated carbocycles. The van der Waals surface area contributed by atoms with E-state index in [1.54, 1.807) is 0 Å². The fraction of sp³-hybridized carbons (Fsp3) is 0.478. The molecule has 0 amide bonds. The highest BCUT2D eigenvalue weighted by Gasteiger charge is 2.13. The lowest BCUT2D eigenvalue weighted by atomic mass is 10.0. The summed E-state index contributed by atoms with van der Waals surface area (Å²) in [5, 5.41) is 0. The summed E-state index contributed by atoms with van der Waals surface area (Å²) in [6.07, 6.45) is 7.76. The normalized spacial score (nSPS) is 11.4. The Morgan fingerprint density at radius 2 is 1.16 bits per heavy atom. The summed E-state index contributed by atoms with van der Waals surface area (Å²) in [6.45, 7) is 2.03. The average Bonchev–Trinajstić information content (AvgIpc) is 2.64. The van der Waals surface area contributed by atoms with Crippen molar-refractivity contribution in [2.24, 2.45) is 0 Å². The summed E-state index contributed by atoms with van der Waals surface area (Å²) in [6, 6.07) is 21.1. The van der Waals surface area contributed by atoms with Gasteiger partial charge in [0, 0.05) is 6.61 Å². The summed E-state index contributed by atoms with van der Waals surface area (Å²) in [4.78, 5) is 2.27. The fourth-order valence-corrected chi connectivity index (χ4v) is 3.08. The first kappa shape index (κ1) is 19.7. The molecule has 2 nitrogen and oxygen atoms in total. The Bertz CT molecular complexity index is 513. The van der Waals surface area contributed by atoms with Crippen LogP contribution in [0.1, 0.15) is 55.8 Å². The monoisotopic (exact) mass is 339 g/mol. The number of ether oxygens (including phenoxy) is 1. The first-order chi connectivity index (χ1) is 12.3. The number of rotatable bonds is 12. The van der Waals surface area contributed by atoms with Gasteiger partial charge < -0.3 is 9.64 Å². The lowest BCUT2D eigenvalue weighted by Crippen LogP contribution is -2.12. The zero-order valence-corrected chi connectivity index (χ0v) is 15.9. The Morgan fingerprint density at radius 3 is 1.68 bits per heavy atom. The molecule has 2 aromatic rings. The molecule has 0 N–H and O–H groups in total. The van der Waals surface area contributed by atoms with Crippen LogP contribution in [0.25, 0.3) is 0 Å². The van der Waals surface area contributed by atoms with Crippen molar-refractivity contribution in [2.75, 3.05) is 27.2 Å². The number of nitrogens with zero attached hydrogens (tertiary/aromatic N) is 1. The first-order valence-electron chi connectivity index (χ1n) is 9.63. The third-order valence-electron chi connectivity index (χ3n) is 4.49. The zero-order chi connectivity index (χ0) is 17.7. The highest BCUT2D eigenvalue weighted by atomic mass is 16.5. The molecular formula is C23H33NO. The van der Waals surface area contributed by atoms with Gasteiger partial charge in [0.2, 0.25) is 0 Å². The lowest BCUT2D eigenvalue weighted by molar-refractivity contribution is 0.0768. The van der Waals surface area contributed by atoms with E-state index in [9.17, 15) is 0 Å². The van der Waals surface area contributed by atoms with Crippen LogP contribution in [0.5, 0.6) is 0 Å². The van der Waals surface area contributed by atoms with Crippen LogP contribution in [-0.4, -0.2) is 32.1 Å². The second-order valence-electron chi connectivity index (χ2n) is 7.00. The predicted octanol–water partition coefficient (Wildman–Crippen LogP) is 5.69. The molecule has 0 aliphatic carbocycles. The second-order valence-corrected chi connectivity index (χ2v) is 7.00. The molecule has 0 unspecified atom stereocenters. The number of hydrogen-bond acceptors (Lipinski definition) is 2. The molecule has 2 aromatic carbocycles. The minimum atomic E-state index is 0.0440.